The SMILES string of the molecule is COCC(CCC1CCCC1)(COC)C1CC(C)CC(C)C1. The van der Waals surface area contributed by atoms with Gasteiger partial charge in [0.1, 0.15) is 0 Å². The third-order valence-corrected chi connectivity index (χ3v) is 6.43. The van der Waals surface area contributed by atoms with Gasteiger partial charge in [0.25, 0.3) is 0 Å². The van der Waals surface area contributed by atoms with Crippen molar-refractivity contribution in [3.63, 3.8) is 0 Å². The number of methoxy groups -OCH3 is 2. The summed E-state index contributed by atoms with van der Waals surface area (Å²) in [7, 11) is 3.74. The lowest BCUT2D eigenvalue weighted by molar-refractivity contribution is -0.0608. The molecule has 22 heavy (non-hydrogen) atoms. The minimum absolute atomic E-state index is 0.245. The topological polar surface area (TPSA) is 18.5 Å². The molecule has 0 saturated heterocycles. The van der Waals surface area contributed by atoms with Crippen molar-refractivity contribution in [3.05, 3.63) is 0 Å². The van der Waals surface area contributed by atoms with Crippen molar-refractivity contribution in [1.82, 2.24) is 0 Å². The minimum atomic E-state index is 0.245. The van der Waals surface area contributed by atoms with Crippen LogP contribution in [0.2, 0.25) is 0 Å². The Morgan fingerprint density at radius 2 is 1.41 bits per heavy atom. The van der Waals surface area contributed by atoms with E-state index in [2.05, 4.69) is 13.8 Å². The minimum Gasteiger partial charge on any atom is -0.384 e. The summed E-state index contributed by atoms with van der Waals surface area (Å²) in [5, 5.41) is 0. The first-order chi connectivity index (χ1) is 10.6. The lowest BCUT2D eigenvalue weighted by atomic mass is 9.62. The summed E-state index contributed by atoms with van der Waals surface area (Å²) in [6.07, 6.45) is 12.6. The number of hydrogen-bond donors (Lipinski definition) is 0. The molecule has 0 bridgehead atoms. The molecule has 0 aliphatic heterocycles. The van der Waals surface area contributed by atoms with Crippen LogP contribution in [0.1, 0.15) is 71.6 Å². The molecule has 2 unspecified atom stereocenters. The van der Waals surface area contributed by atoms with Gasteiger partial charge in [0.05, 0.1) is 13.2 Å². The van der Waals surface area contributed by atoms with Crippen molar-refractivity contribution < 1.29 is 9.47 Å². The van der Waals surface area contributed by atoms with Crippen molar-refractivity contribution in [3.8, 4) is 0 Å². The fraction of sp³-hybridized carbons (Fsp3) is 1.00. The van der Waals surface area contributed by atoms with E-state index in [1.807, 2.05) is 14.2 Å². The van der Waals surface area contributed by atoms with Gasteiger partial charge in [-0.15, -0.1) is 0 Å². The van der Waals surface area contributed by atoms with Crippen LogP contribution in [0, 0.1) is 29.1 Å². The zero-order valence-corrected chi connectivity index (χ0v) is 15.4. The molecule has 0 heterocycles. The number of hydrogen-bond acceptors (Lipinski definition) is 2. The van der Waals surface area contributed by atoms with E-state index >= 15 is 0 Å². The Labute approximate surface area is 138 Å². The molecular formula is C20H38O2. The van der Waals surface area contributed by atoms with Gasteiger partial charge >= 0.3 is 0 Å². The van der Waals surface area contributed by atoms with E-state index < -0.39 is 0 Å². The molecule has 0 aromatic rings. The molecule has 2 atom stereocenters. The van der Waals surface area contributed by atoms with E-state index in [1.54, 1.807) is 0 Å². The maximum absolute atomic E-state index is 5.72. The van der Waals surface area contributed by atoms with Gasteiger partial charge in [0.2, 0.25) is 0 Å². The Hall–Kier alpha value is -0.0800. The van der Waals surface area contributed by atoms with Gasteiger partial charge in [0, 0.05) is 19.6 Å². The van der Waals surface area contributed by atoms with E-state index in [9.17, 15) is 0 Å². The number of rotatable bonds is 8. The molecule has 2 heteroatoms. The second-order valence-corrected chi connectivity index (χ2v) is 8.53. The van der Waals surface area contributed by atoms with Crippen molar-refractivity contribution in [2.45, 2.75) is 71.6 Å². The van der Waals surface area contributed by atoms with Gasteiger partial charge < -0.3 is 9.47 Å². The Morgan fingerprint density at radius 1 is 0.864 bits per heavy atom. The predicted octanol–water partition coefficient (Wildman–Crippen LogP) is 5.31. The smallest absolute Gasteiger partial charge is 0.0543 e. The monoisotopic (exact) mass is 310 g/mol. The average Bonchev–Trinajstić information content (AvgIpc) is 2.97. The van der Waals surface area contributed by atoms with Crippen LogP contribution < -0.4 is 0 Å². The molecule has 2 nitrogen and oxygen atoms in total. The fourth-order valence-corrected chi connectivity index (χ4v) is 5.44. The third kappa shape index (κ3) is 4.71. The van der Waals surface area contributed by atoms with Crippen molar-refractivity contribution in [2.24, 2.45) is 29.1 Å². The molecule has 2 rings (SSSR count). The van der Waals surface area contributed by atoms with Gasteiger partial charge in [-0.25, -0.2) is 0 Å². The predicted molar refractivity (Wildman–Crippen MR) is 93.0 cm³/mol. The molecule has 0 spiro atoms. The largest absolute Gasteiger partial charge is 0.384 e. The lowest BCUT2D eigenvalue weighted by Gasteiger charge is -2.45. The summed E-state index contributed by atoms with van der Waals surface area (Å²) in [5.74, 6) is 3.45. The van der Waals surface area contributed by atoms with Crippen LogP contribution in [0.25, 0.3) is 0 Å². The van der Waals surface area contributed by atoms with Crippen LogP contribution in [0.3, 0.4) is 0 Å². The Balaban J connectivity index is 2.07. The van der Waals surface area contributed by atoms with Crippen LogP contribution in [-0.2, 0) is 9.47 Å². The van der Waals surface area contributed by atoms with Crippen LogP contribution >= 0.6 is 0 Å². The van der Waals surface area contributed by atoms with Gasteiger partial charge in [-0.05, 0) is 55.8 Å². The van der Waals surface area contributed by atoms with E-state index in [0.717, 1.165) is 36.9 Å². The number of ether oxygens (including phenoxy) is 2. The quantitative estimate of drug-likeness (QED) is 0.605. The molecular weight excluding hydrogens is 272 g/mol. The fourth-order valence-electron chi connectivity index (χ4n) is 5.44. The summed E-state index contributed by atoms with van der Waals surface area (Å²) in [6, 6.07) is 0. The summed E-state index contributed by atoms with van der Waals surface area (Å²) in [5.41, 5.74) is 0.245. The highest BCUT2D eigenvalue weighted by molar-refractivity contribution is 4.91. The van der Waals surface area contributed by atoms with Crippen molar-refractivity contribution in [2.75, 3.05) is 27.4 Å². The second kappa shape index (κ2) is 8.68. The van der Waals surface area contributed by atoms with Crippen molar-refractivity contribution in [1.29, 1.82) is 0 Å². The first kappa shape index (κ1) is 18.3. The summed E-state index contributed by atoms with van der Waals surface area (Å²) in [6.45, 7) is 6.61. The van der Waals surface area contributed by atoms with Gasteiger partial charge in [-0.2, -0.15) is 0 Å². The first-order valence-corrected chi connectivity index (χ1v) is 9.57. The summed E-state index contributed by atoms with van der Waals surface area (Å²) in [4.78, 5) is 0. The maximum atomic E-state index is 5.72. The van der Waals surface area contributed by atoms with Crippen LogP contribution in [0.15, 0.2) is 0 Å². The second-order valence-electron chi connectivity index (χ2n) is 8.53. The highest BCUT2D eigenvalue weighted by Gasteiger charge is 2.42. The van der Waals surface area contributed by atoms with Crippen LogP contribution in [0.5, 0.6) is 0 Å². The molecule has 0 aromatic carbocycles. The normalized spacial score (nSPS) is 30.8. The van der Waals surface area contributed by atoms with Gasteiger partial charge in [-0.1, -0.05) is 39.5 Å². The molecule has 0 radical (unpaired) electrons. The molecule has 2 aliphatic carbocycles. The Morgan fingerprint density at radius 3 is 1.91 bits per heavy atom. The summed E-state index contributed by atoms with van der Waals surface area (Å²) >= 11 is 0. The van der Waals surface area contributed by atoms with Crippen LogP contribution in [0.4, 0.5) is 0 Å². The molecule has 0 aromatic heterocycles. The Kier molecular flexibility index (Phi) is 7.21. The van der Waals surface area contributed by atoms with Gasteiger partial charge in [0.15, 0.2) is 0 Å². The Bertz CT molecular complexity index is 293. The molecule has 2 saturated carbocycles. The highest BCUT2D eigenvalue weighted by atomic mass is 16.5. The molecule has 130 valence electrons. The van der Waals surface area contributed by atoms with Crippen LogP contribution in [-0.4, -0.2) is 27.4 Å². The van der Waals surface area contributed by atoms with E-state index in [4.69, 9.17) is 9.47 Å². The first-order valence-electron chi connectivity index (χ1n) is 9.57. The van der Waals surface area contributed by atoms with E-state index in [-0.39, 0.29) is 5.41 Å². The zero-order valence-electron chi connectivity index (χ0n) is 15.4. The van der Waals surface area contributed by atoms with E-state index in [0.29, 0.717) is 0 Å². The highest BCUT2D eigenvalue weighted by Crippen LogP contribution is 2.47. The van der Waals surface area contributed by atoms with Crippen molar-refractivity contribution >= 4 is 0 Å². The van der Waals surface area contributed by atoms with E-state index in [1.165, 1.54) is 57.8 Å². The maximum Gasteiger partial charge on any atom is 0.0543 e. The molecule has 2 fully saturated rings. The molecule has 0 N–H and O–H groups in total. The molecule has 2 aliphatic rings. The van der Waals surface area contributed by atoms with Gasteiger partial charge in [-0.3, -0.25) is 0 Å². The standard InChI is InChI=1S/C20H38O2/c1-16-11-17(2)13-19(12-16)20(14-21-3,15-22-4)10-9-18-7-5-6-8-18/h16-19H,5-15H2,1-4H3. The average molecular weight is 311 g/mol. The third-order valence-electron chi connectivity index (χ3n) is 6.43. The molecule has 0 amide bonds. The lowest BCUT2D eigenvalue weighted by Crippen LogP contribution is -2.43. The zero-order chi connectivity index (χ0) is 16.0. The summed E-state index contributed by atoms with van der Waals surface area (Å²) < 4.78 is 11.4.